The van der Waals surface area contributed by atoms with E-state index in [1.165, 1.54) is 0 Å². The van der Waals surface area contributed by atoms with Gasteiger partial charge in [-0.05, 0) is 61.4 Å². The van der Waals surface area contributed by atoms with Crippen molar-refractivity contribution in [1.29, 1.82) is 0 Å². The molecule has 0 unspecified atom stereocenters. The van der Waals surface area contributed by atoms with Crippen LogP contribution < -0.4 is 4.74 Å². The molecule has 0 aliphatic heterocycles. The third kappa shape index (κ3) is 3.87. The molecule has 4 rings (SSSR count). The molecule has 0 saturated heterocycles. The van der Waals surface area contributed by atoms with Crippen LogP contribution in [0.25, 0.3) is 22.4 Å². The Morgan fingerprint density at radius 2 is 1.71 bits per heavy atom. The fourth-order valence-corrected chi connectivity index (χ4v) is 3.61. The number of hydrogen-bond acceptors (Lipinski definition) is 2. The molecule has 3 aromatic carbocycles. The highest BCUT2D eigenvalue weighted by atomic mass is 35.5. The fraction of sp³-hybridized carbons (Fsp3) is 0.174. The zero-order valence-electron chi connectivity index (χ0n) is 15.5. The smallest absolute Gasteiger partial charge is 0.142 e. The number of nitrogens with zero attached hydrogens (tertiary/aromatic N) is 2. The Balaban J connectivity index is 1.55. The summed E-state index contributed by atoms with van der Waals surface area (Å²) in [5.41, 5.74) is 4.02. The van der Waals surface area contributed by atoms with E-state index in [0.29, 0.717) is 11.6 Å². The molecule has 4 aromatic rings. The van der Waals surface area contributed by atoms with Gasteiger partial charge in [0.1, 0.15) is 11.6 Å². The van der Waals surface area contributed by atoms with Crippen molar-refractivity contribution in [1.82, 2.24) is 9.55 Å². The Labute approximate surface area is 174 Å². The van der Waals surface area contributed by atoms with Gasteiger partial charge in [0.2, 0.25) is 0 Å². The minimum absolute atomic E-state index is 0.607. The van der Waals surface area contributed by atoms with Gasteiger partial charge in [0.05, 0.1) is 22.7 Å². The first kappa shape index (κ1) is 18.9. The van der Waals surface area contributed by atoms with E-state index in [2.05, 4.69) is 10.6 Å². The molecule has 0 saturated carbocycles. The Morgan fingerprint density at radius 3 is 2.54 bits per heavy atom. The van der Waals surface area contributed by atoms with Gasteiger partial charge in [-0.15, -0.1) is 0 Å². The van der Waals surface area contributed by atoms with Gasteiger partial charge in [0.25, 0.3) is 0 Å². The van der Waals surface area contributed by atoms with Gasteiger partial charge < -0.3 is 9.30 Å². The number of para-hydroxylation sites is 2. The zero-order chi connectivity index (χ0) is 19.5. The van der Waals surface area contributed by atoms with E-state index in [9.17, 15) is 0 Å². The molecule has 0 N–H and O–H groups in total. The van der Waals surface area contributed by atoms with Gasteiger partial charge in [0.15, 0.2) is 0 Å². The molecular formula is C23H20Cl2N2O. The molecule has 0 amide bonds. The Bertz CT molecular complexity index is 1120. The number of fused-ring (bicyclic) bond motifs is 1. The van der Waals surface area contributed by atoms with Crippen molar-refractivity contribution < 1.29 is 4.74 Å². The molecule has 0 bridgehead atoms. The lowest BCUT2D eigenvalue weighted by Gasteiger charge is -2.12. The van der Waals surface area contributed by atoms with E-state index in [1.807, 2.05) is 67.6 Å². The summed E-state index contributed by atoms with van der Waals surface area (Å²) in [6.45, 7) is 3.37. The van der Waals surface area contributed by atoms with E-state index >= 15 is 0 Å². The largest absolute Gasteiger partial charge is 0.494 e. The second-order valence-electron chi connectivity index (χ2n) is 6.67. The highest BCUT2D eigenvalue weighted by molar-refractivity contribution is 6.33. The monoisotopic (exact) mass is 410 g/mol. The standard InChI is InChI=1S/C23H20Cl2N2O/c1-16-15-17(11-12-19(16)24)28-14-6-13-27-22-10-5-4-9-21(22)26-23(27)18-7-2-3-8-20(18)25/h2-5,7-12,15H,6,13-14H2,1H3. The van der Waals surface area contributed by atoms with Crippen LogP contribution in [0.2, 0.25) is 10.0 Å². The minimum atomic E-state index is 0.607. The topological polar surface area (TPSA) is 27.1 Å². The van der Waals surface area contributed by atoms with Crippen molar-refractivity contribution in [2.45, 2.75) is 19.9 Å². The Morgan fingerprint density at radius 1 is 0.929 bits per heavy atom. The molecule has 0 atom stereocenters. The lowest BCUT2D eigenvalue weighted by Crippen LogP contribution is -2.06. The zero-order valence-corrected chi connectivity index (χ0v) is 17.0. The number of aromatic nitrogens is 2. The van der Waals surface area contributed by atoms with Crippen LogP contribution in [0.1, 0.15) is 12.0 Å². The van der Waals surface area contributed by atoms with Crippen molar-refractivity contribution in [2.75, 3.05) is 6.61 Å². The number of rotatable bonds is 6. The van der Waals surface area contributed by atoms with Crippen LogP contribution in [0.4, 0.5) is 0 Å². The second-order valence-corrected chi connectivity index (χ2v) is 7.48. The maximum atomic E-state index is 6.44. The SMILES string of the molecule is Cc1cc(OCCCn2c(-c3ccccc3Cl)nc3ccccc32)ccc1Cl. The average Bonchev–Trinajstić information content (AvgIpc) is 3.07. The first-order valence-corrected chi connectivity index (χ1v) is 9.98. The maximum absolute atomic E-state index is 6.44. The normalized spacial score (nSPS) is 11.1. The molecule has 0 radical (unpaired) electrons. The lowest BCUT2D eigenvalue weighted by atomic mass is 10.2. The second kappa shape index (κ2) is 8.26. The van der Waals surface area contributed by atoms with Crippen molar-refractivity contribution in [3.05, 3.63) is 82.3 Å². The molecule has 28 heavy (non-hydrogen) atoms. The van der Waals surface area contributed by atoms with Crippen LogP contribution in [0.3, 0.4) is 0 Å². The number of benzene rings is 3. The van der Waals surface area contributed by atoms with Crippen molar-refractivity contribution in [2.24, 2.45) is 0 Å². The van der Waals surface area contributed by atoms with E-state index in [-0.39, 0.29) is 0 Å². The summed E-state index contributed by atoms with van der Waals surface area (Å²) in [5.74, 6) is 1.72. The van der Waals surface area contributed by atoms with Crippen LogP contribution in [-0.2, 0) is 6.54 Å². The number of aryl methyl sites for hydroxylation is 2. The third-order valence-electron chi connectivity index (χ3n) is 4.69. The molecule has 142 valence electrons. The summed E-state index contributed by atoms with van der Waals surface area (Å²) in [5, 5.41) is 1.45. The van der Waals surface area contributed by atoms with Crippen LogP contribution >= 0.6 is 23.2 Å². The van der Waals surface area contributed by atoms with Gasteiger partial charge in [-0.2, -0.15) is 0 Å². The third-order valence-corrected chi connectivity index (χ3v) is 5.45. The van der Waals surface area contributed by atoms with Gasteiger partial charge >= 0.3 is 0 Å². The van der Waals surface area contributed by atoms with Crippen LogP contribution in [0.15, 0.2) is 66.7 Å². The number of hydrogen-bond donors (Lipinski definition) is 0. The van der Waals surface area contributed by atoms with Gasteiger partial charge in [-0.1, -0.05) is 47.5 Å². The summed E-state index contributed by atoms with van der Waals surface area (Å²) >= 11 is 12.5. The van der Waals surface area contributed by atoms with Crippen LogP contribution in [0, 0.1) is 6.92 Å². The number of ether oxygens (including phenoxy) is 1. The first-order valence-electron chi connectivity index (χ1n) is 9.22. The van der Waals surface area contributed by atoms with Crippen molar-refractivity contribution >= 4 is 34.2 Å². The summed E-state index contributed by atoms with van der Waals surface area (Å²) in [4.78, 5) is 4.82. The highest BCUT2D eigenvalue weighted by Gasteiger charge is 2.14. The summed E-state index contributed by atoms with van der Waals surface area (Å²) in [6.07, 6.45) is 0.847. The summed E-state index contributed by atoms with van der Waals surface area (Å²) in [6, 6.07) is 21.7. The summed E-state index contributed by atoms with van der Waals surface area (Å²) < 4.78 is 8.12. The van der Waals surface area contributed by atoms with E-state index < -0.39 is 0 Å². The number of halogens is 2. The molecular weight excluding hydrogens is 391 g/mol. The summed E-state index contributed by atoms with van der Waals surface area (Å²) in [7, 11) is 0. The molecule has 0 aliphatic carbocycles. The van der Waals surface area contributed by atoms with Crippen LogP contribution in [0.5, 0.6) is 5.75 Å². The lowest BCUT2D eigenvalue weighted by molar-refractivity contribution is 0.302. The van der Waals surface area contributed by atoms with Crippen molar-refractivity contribution in [3.63, 3.8) is 0 Å². The predicted molar refractivity (Wildman–Crippen MR) is 116 cm³/mol. The van der Waals surface area contributed by atoms with E-state index in [1.54, 1.807) is 0 Å². The Kier molecular flexibility index (Phi) is 5.56. The van der Waals surface area contributed by atoms with Gasteiger partial charge in [0, 0.05) is 17.1 Å². The fourth-order valence-electron chi connectivity index (χ4n) is 3.27. The van der Waals surface area contributed by atoms with Gasteiger partial charge in [-0.3, -0.25) is 0 Å². The molecule has 5 heteroatoms. The van der Waals surface area contributed by atoms with Crippen LogP contribution in [-0.4, -0.2) is 16.2 Å². The first-order chi connectivity index (χ1) is 13.6. The van der Waals surface area contributed by atoms with Gasteiger partial charge in [-0.25, -0.2) is 4.98 Å². The predicted octanol–water partition coefficient (Wildman–Crippen LogP) is 6.79. The van der Waals surface area contributed by atoms with E-state index in [4.69, 9.17) is 32.9 Å². The molecule has 1 heterocycles. The average molecular weight is 411 g/mol. The Hall–Kier alpha value is -2.49. The van der Waals surface area contributed by atoms with E-state index in [0.717, 1.165) is 51.7 Å². The molecule has 0 aliphatic rings. The number of imidazole rings is 1. The van der Waals surface area contributed by atoms with Crippen molar-refractivity contribution in [3.8, 4) is 17.1 Å². The molecule has 0 fully saturated rings. The molecule has 3 nitrogen and oxygen atoms in total. The quantitative estimate of drug-likeness (QED) is 0.327. The highest BCUT2D eigenvalue weighted by Crippen LogP contribution is 2.30. The molecule has 0 spiro atoms. The maximum Gasteiger partial charge on any atom is 0.142 e. The minimum Gasteiger partial charge on any atom is -0.494 e. The molecule has 1 aromatic heterocycles.